The predicted molar refractivity (Wildman–Crippen MR) is 138 cm³/mol. The first-order valence-corrected chi connectivity index (χ1v) is 12.6. The summed E-state index contributed by atoms with van der Waals surface area (Å²) in [5, 5.41) is 5.97. The number of sulfonamides is 1. The molecule has 0 aliphatic heterocycles. The number of benzene rings is 3. The van der Waals surface area contributed by atoms with E-state index in [0.717, 1.165) is 11.1 Å². The zero-order valence-corrected chi connectivity index (χ0v) is 21.0. The number of amides is 2. The zero-order valence-electron chi connectivity index (χ0n) is 19.5. The molecule has 0 aromatic heterocycles. The van der Waals surface area contributed by atoms with Gasteiger partial charge in [0.05, 0.1) is 4.90 Å². The molecule has 2 N–H and O–H groups in total. The van der Waals surface area contributed by atoms with Gasteiger partial charge in [-0.1, -0.05) is 48.0 Å². The topological polar surface area (TPSA) is 81.8 Å². The molecule has 0 fully saturated rings. The smallest absolute Gasteiger partial charge is 0.308 e. The summed E-state index contributed by atoms with van der Waals surface area (Å²) in [5.41, 5.74) is 2.86. The van der Waals surface area contributed by atoms with Crippen molar-refractivity contribution in [2.45, 2.75) is 18.4 Å². The lowest BCUT2D eigenvalue weighted by Crippen LogP contribution is -2.36. The number of nitrogens with zero attached hydrogens (tertiary/aromatic N) is 2. The highest BCUT2D eigenvalue weighted by Gasteiger charge is 2.24. The second kappa shape index (κ2) is 11.5. The van der Waals surface area contributed by atoms with E-state index in [1.165, 1.54) is 16.4 Å². The summed E-state index contributed by atoms with van der Waals surface area (Å²) in [4.78, 5) is 14.4. The van der Waals surface area contributed by atoms with Crippen LogP contribution in [0.5, 0.6) is 0 Å². The van der Waals surface area contributed by atoms with E-state index >= 15 is 0 Å². The number of rotatable bonds is 9. The first-order valence-electron chi connectivity index (χ1n) is 10.8. The van der Waals surface area contributed by atoms with Crippen molar-refractivity contribution >= 4 is 39.0 Å². The lowest BCUT2D eigenvalue weighted by atomic mass is 10.2. The number of urea groups is 1. The first-order chi connectivity index (χ1) is 16.1. The van der Waals surface area contributed by atoms with Gasteiger partial charge in [-0.25, -0.2) is 13.2 Å². The second-order valence-corrected chi connectivity index (χ2v) is 10.5. The molecule has 0 radical (unpaired) electrons. The molecule has 0 unspecified atom stereocenters. The van der Waals surface area contributed by atoms with E-state index in [9.17, 15) is 13.2 Å². The molecule has 34 heavy (non-hydrogen) atoms. The number of hydrogen-bond acceptors (Lipinski definition) is 4. The number of likely N-dealkylation sites (N-methyl/N-ethyl adjacent to an activating group) is 1. The van der Waals surface area contributed by atoms with Crippen molar-refractivity contribution in [3.63, 3.8) is 0 Å². The van der Waals surface area contributed by atoms with Gasteiger partial charge in [-0.3, -0.25) is 0 Å². The Bertz CT molecular complexity index is 1220. The van der Waals surface area contributed by atoms with Gasteiger partial charge < -0.3 is 15.5 Å². The molecule has 2 amide bonds. The summed E-state index contributed by atoms with van der Waals surface area (Å²) in [6, 6.07) is 20.4. The third kappa shape index (κ3) is 7.04. The van der Waals surface area contributed by atoms with Crippen LogP contribution in [0.25, 0.3) is 0 Å². The van der Waals surface area contributed by atoms with Crippen LogP contribution in [0.3, 0.4) is 0 Å². The van der Waals surface area contributed by atoms with Gasteiger partial charge in [0.2, 0.25) is 10.0 Å². The molecular weight excluding hydrogens is 472 g/mol. The summed E-state index contributed by atoms with van der Waals surface area (Å²) >= 11 is 6.10. The Morgan fingerprint density at radius 1 is 0.882 bits per heavy atom. The van der Waals surface area contributed by atoms with Gasteiger partial charge in [0.25, 0.3) is 0 Å². The largest absolute Gasteiger partial charge is 0.323 e. The predicted octanol–water partition coefficient (Wildman–Crippen LogP) is 5.04. The fourth-order valence-corrected chi connectivity index (χ4v) is 4.81. The summed E-state index contributed by atoms with van der Waals surface area (Å²) in [6.45, 7) is 3.10. The van der Waals surface area contributed by atoms with Crippen LogP contribution in [0.4, 0.5) is 16.2 Å². The number of carbonyl (C=O) groups is 1. The van der Waals surface area contributed by atoms with Gasteiger partial charge in [-0.05, 0) is 68.5 Å². The van der Waals surface area contributed by atoms with E-state index in [0.29, 0.717) is 29.5 Å². The molecule has 0 aliphatic rings. The van der Waals surface area contributed by atoms with Gasteiger partial charge >= 0.3 is 6.03 Å². The Morgan fingerprint density at radius 3 is 2.12 bits per heavy atom. The van der Waals surface area contributed by atoms with E-state index in [-0.39, 0.29) is 11.4 Å². The van der Waals surface area contributed by atoms with Crippen molar-refractivity contribution < 1.29 is 13.2 Å². The van der Waals surface area contributed by atoms with Gasteiger partial charge in [0, 0.05) is 36.0 Å². The maximum atomic E-state index is 13.4. The molecule has 0 saturated heterocycles. The van der Waals surface area contributed by atoms with Crippen LogP contribution in [0.2, 0.25) is 5.02 Å². The summed E-state index contributed by atoms with van der Waals surface area (Å²) in [6.07, 6.45) is 0. The van der Waals surface area contributed by atoms with Crippen LogP contribution in [-0.4, -0.2) is 50.8 Å². The standard InChI is InChI=1S/C25H29ClN4O3S/c1-19-9-10-22(17-24(19)26)28-25(31)27-21-11-13-23(14-12-21)34(32,33)30(16-15-29(2)3)18-20-7-5-4-6-8-20/h4-14,17H,15-16,18H2,1-3H3,(H2,27,28,31). The number of carbonyl (C=O) groups excluding carboxylic acids is 1. The minimum Gasteiger partial charge on any atom is -0.308 e. The Hall–Kier alpha value is -2.91. The van der Waals surface area contributed by atoms with Gasteiger partial charge in [-0.15, -0.1) is 0 Å². The molecule has 180 valence electrons. The van der Waals surface area contributed by atoms with E-state index in [1.807, 2.05) is 62.3 Å². The summed E-state index contributed by atoms with van der Waals surface area (Å²) in [5.74, 6) is 0. The van der Waals surface area contributed by atoms with Crippen LogP contribution in [0.1, 0.15) is 11.1 Å². The zero-order chi connectivity index (χ0) is 24.7. The Kier molecular flexibility index (Phi) is 8.68. The first kappa shape index (κ1) is 25.7. The van der Waals surface area contributed by atoms with Crippen molar-refractivity contribution in [1.82, 2.24) is 9.21 Å². The molecular formula is C25H29ClN4O3S. The minimum absolute atomic E-state index is 0.165. The molecule has 3 aromatic carbocycles. The molecule has 0 aliphatic carbocycles. The van der Waals surface area contributed by atoms with E-state index in [4.69, 9.17) is 11.6 Å². The Balaban J connectivity index is 1.71. The molecule has 0 heterocycles. The lowest BCUT2D eigenvalue weighted by Gasteiger charge is -2.24. The fraction of sp³-hybridized carbons (Fsp3) is 0.240. The van der Waals surface area contributed by atoms with Crippen LogP contribution >= 0.6 is 11.6 Å². The molecule has 9 heteroatoms. The molecule has 7 nitrogen and oxygen atoms in total. The molecule has 0 saturated carbocycles. The van der Waals surface area contributed by atoms with Gasteiger partial charge in [0.15, 0.2) is 0 Å². The highest BCUT2D eigenvalue weighted by Crippen LogP contribution is 2.22. The Labute approximate surface area is 206 Å². The minimum atomic E-state index is -3.73. The molecule has 0 bridgehead atoms. The Morgan fingerprint density at radius 2 is 1.50 bits per heavy atom. The maximum absolute atomic E-state index is 13.4. The average Bonchev–Trinajstić information content (AvgIpc) is 2.80. The number of nitrogens with one attached hydrogen (secondary N) is 2. The normalized spacial score (nSPS) is 11.6. The monoisotopic (exact) mass is 500 g/mol. The van der Waals surface area contributed by atoms with Crippen LogP contribution < -0.4 is 10.6 Å². The maximum Gasteiger partial charge on any atom is 0.323 e. The van der Waals surface area contributed by atoms with Gasteiger partial charge in [-0.2, -0.15) is 4.31 Å². The SMILES string of the molecule is Cc1ccc(NC(=O)Nc2ccc(S(=O)(=O)N(CCN(C)C)Cc3ccccc3)cc2)cc1Cl. The van der Waals surface area contributed by atoms with E-state index < -0.39 is 16.1 Å². The highest BCUT2D eigenvalue weighted by molar-refractivity contribution is 7.89. The fourth-order valence-electron chi connectivity index (χ4n) is 3.21. The lowest BCUT2D eigenvalue weighted by molar-refractivity contribution is 0.262. The molecule has 3 rings (SSSR count). The van der Waals surface area contributed by atoms with Crippen LogP contribution in [0.15, 0.2) is 77.7 Å². The number of halogens is 1. The van der Waals surface area contributed by atoms with Crippen molar-refractivity contribution in [3.8, 4) is 0 Å². The van der Waals surface area contributed by atoms with Gasteiger partial charge in [0.1, 0.15) is 0 Å². The second-order valence-electron chi connectivity index (χ2n) is 8.19. The number of anilines is 2. The number of aryl methyl sites for hydroxylation is 1. The van der Waals surface area contributed by atoms with E-state index in [2.05, 4.69) is 10.6 Å². The van der Waals surface area contributed by atoms with Crippen molar-refractivity contribution in [1.29, 1.82) is 0 Å². The van der Waals surface area contributed by atoms with Crippen LogP contribution in [0, 0.1) is 6.92 Å². The summed E-state index contributed by atoms with van der Waals surface area (Å²) < 4.78 is 28.2. The molecule has 0 spiro atoms. The molecule has 0 atom stereocenters. The van der Waals surface area contributed by atoms with E-state index in [1.54, 1.807) is 24.3 Å². The molecule has 3 aromatic rings. The highest BCUT2D eigenvalue weighted by atomic mass is 35.5. The van der Waals surface area contributed by atoms with Crippen molar-refractivity contribution in [3.05, 3.63) is 88.9 Å². The number of hydrogen-bond donors (Lipinski definition) is 2. The quantitative estimate of drug-likeness (QED) is 0.431. The van der Waals surface area contributed by atoms with Crippen LogP contribution in [-0.2, 0) is 16.6 Å². The van der Waals surface area contributed by atoms with Crippen molar-refractivity contribution in [2.24, 2.45) is 0 Å². The average molecular weight is 501 g/mol. The third-order valence-corrected chi connectivity index (χ3v) is 7.44. The van der Waals surface area contributed by atoms with Crippen molar-refractivity contribution in [2.75, 3.05) is 37.8 Å². The summed E-state index contributed by atoms with van der Waals surface area (Å²) in [7, 11) is 0.0784. The third-order valence-electron chi connectivity index (χ3n) is 5.18.